The molecular formula is C12H19N3O4. The minimum absolute atomic E-state index is 0.00708. The summed E-state index contributed by atoms with van der Waals surface area (Å²) in [7, 11) is 3.33. The summed E-state index contributed by atoms with van der Waals surface area (Å²) >= 11 is 0. The zero-order valence-electron chi connectivity index (χ0n) is 11.3. The molecule has 0 saturated heterocycles. The zero-order chi connectivity index (χ0) is 14.4. The van der Waals surface area contributed by atoms with Crippen LogP contribution in [0.3, 0.4) is 0 Å². The zero-order valence-corrected chi connectivity index (χ0v) is 11.3. The molecule has 0 aliphatic rings. The fourth-order valence-electron chi connectivity index (χ4n) is 2.06. The molecule has 0 radical (unpaired) electrons. The van der Waals surface area contributed by atoms with Gasteiger partial charge in [0.05, 0.1) is 12.8 Å². The van der Waals surface area contributed by atoms with Crippen LogP contribution in [0.5, 0.6) is 5.88 Å². The van der Waals surface area contributed by atoms with Crippen LogP contribution in [-0.2, 0) is 23.1 Å². The molecule has 0 aliphatic carbocycles. The van der Waals surface area contributed by atoms with Gasteiger partial charge in [0.15, 0.2) is 0 Å². The molecule has 0 fully saturated rings. The summed E-state index contributed by atoms with van der Waals surface area (Å²) < 4.78 is 6.89. The Labute approximate surface area is 111 Å². The molecule has 106 valence electrons. The number of hydrogen-bond acceptors (Lipinski definition) is 4. The number of aliphatic carboxylic acids is 1. The van der Waals surface area contributed by atoms with Crippen LogP contribution in [0, 0.1) is 6.92 Å². The average molecular weight is 269 g/mol. The molecule has 7 heteroatoms. The largest absolute Gasteiger partial charge is 0.481 e. The molecule has 1 rings (SSSR count). The Kier molecular flexibility index (Phi) is 5.35. The number of ether oxygens (including phenoxy) is 1. The van der Waals surface area contributed by atoms with Gasteiger partial charge in [0.2, 0.25) is 12.3 Å². The van der Waals surface area contributed by atoms with Gasteiger partial charge in [-0.1, -0.05) is 0 Å². The summed E-state index contributed by atoms with van der Waals surface area (Å²) in [5.41, 5.74) is 1.70. The van der Waals surface area contributed by atoms with Gasteiger partial charge in [0.1, 0.15) is 0 Å². The highest BCUT2D eigenvalue weighted by Gasteiger charge is 2.19. The molecule has 1 aromatic heterocycles. The normalized spacial score (nSPS) is 11.9. The van der Waals surface area contributed by atoms with E-state index >= 15 is 0 Å². The Hall–Kier alpha value is -2.05. The lowest BCUT2D eigenvalue weighted by Crippen LogP contribution is -2.30. The molecule has 1 aromatic rings. The van der Waals surface area contributed by atoms with E-state index in [1.54, 1.807) is 18.8 Å². The molecule has 7 nitrogen and oxygen atoms in total. The minimum atomic E-state index is -0.882. The lowest BCUT2D eigenvalue weighted by atomic mass is 10.0. The second-order valence-corrected chi connectivity index (χ2v) is 4.31. The molecule has 1 amide bonds. The first-order valence-electron chi connectivity index (χ1n) is 5.97. The first-order chi connectivity index (χ1) is 8.99. The Morgan fingerprint density at radius 2 is 2.32 bits per heavy atom. The molecular weight excluding hydrogens is 250 g/mol. The van der Waals surface area contributed by atoms with Crippen molar-refractivity contribution in [1.82, 2.24) is 15.1 Å². The van der Waals surface area contributed by atoms with Crippen molar-refractivity contribution in [2.45, 2.75) is 32.2 Å². The maximum Gasteiger partial charge on any atom is 0.303 e. The lowest BCUT2D eigenvalue weighted by Gasteiger charge is -2.15. The molecule has 0 bridgehead atoms. The van der Waals surface area contributed by atoms with Crippen molar-refractivity contribution < 1.29 is 19.4 Å². The number of hydrogen-bond donors (Lipinski definition) is 2. The summed E-state index contributed by atoms with van der Waals surface area (Å²) in [5.74, 6) is -0.252. The van der Waals surface area contributed by atoms with E-state index in [0.29, 0.717) is 25.1 Å². The molecule has 1 unspecified atom stereocenters. The van der Waals surface area contributed by atoms with Crippen LogP contribution in [0.2, 0.25) is 0 Å². The van der Waals surface area contributed by atoms with Crippen LogP contribution < -0.4 is 10.1 Å². The predicted molar refractivity (Wildman–Crippen MR) is 68.1 cm³/mol. The number of methoxy groups -OCH3 is 1. The smallest absolute Gasteiger partial charge is 0.303 e. The van der Waals surface area contributed by atoms with Crippen LogP contribution >= 0.6 is 0 Å². The Morgan fingerprint density at radius 3 is 2.84 bits per heavy atom. The molecule has 19 heavy (non-hydrogen) atoms. The second-order valence-electron chi connectivity index (χ2n) is 4.31. The van der Waals surface area contributed by atoms with Crippen molar-refractivity contribution in [3.8, 4) is 5.88 Å². The van der Waals surface area contributed by atoms with E-state index in [2.05, 4.69) is 10.4 Å². The summed E-state index contributed by atoms with van der Waals surface area (Å²) in [6.45, 7) is 1.85. The summed E-state index contributed by atoms with van der Waals surface area (Å²) in [5, 5.41) is 15.6. The van der Waals surface area contributed by atoms with Crippen molar-refractivity contribution in [2.24, 2.45) is 7.05 Å². The number of rotatable bonds is 8. The highest BCUT2D eigenvalue weighted by molar-refractivity contribution is 5.66. The van der Waals surface area contributed by atoms with Crippen LogP contribution in [0.1, 0.15) is 24.1 Å². The average Bonchev–Trinajstić information content (AvgIpc) is 2.61. The standard InChI is InChI=1S/C12H19N3O4/c1-8-10(12(19-3)15(2)14-8)6-9(13-7-16)4-5-11(17)18/h7,9H,4-6H2,1-3H3,(H,13,16)(H,17,18). The van der Waals surface area contributed by atoms with E-state index in [4.69, 9.17) is 9.84 Å². The topological polar surface area (TPSA) is 93.4 Å². The lowest BCUT2D eigenvalue weighted by molar-refractivity contribution is -0.137. The first-order valence-corrected chi connectivity index (χ1v) is 5.97. The van der Waals surface area contributed by atoms with E-state index < -0.39 is 5.97 Å². The number of carbonyl (C=O) groups excluding carboxylic acids is 1. The van der Waals surface area contributed by atoms with E-state index in [1.807, 2.05) is 6.92 Å². The third kappa shape index (κ3) is 3.97. The molecule has 0 saturated carbocycles. The van der Waals surface area contributed by atoms with Gasteiger partial charge in [-0.15, -0.1) is 0 Å². The van der Waals surface area contributed by atoms with Gasteiger partial charge in [-0.3, -0.25) is 9.59 Å². The molecule has 1 atom stereocenters. The Bertz CT molecular complexity index is 456. The number of carboxylic acid groups (broad SMARTS) is 1. The summed E-state index contributed by atoms with van der Waals surface area (Å²) in [6, 6.07) is -0.245. The molecule has 2 N–H and O–H groups in total. The number of nitrogens with one attached hydrogen (secondary N) is 1. The predicted octanol–water partition coefficient (Wildman–Crippen LogP) is 0.259. The monoisotopic (exact) mass is 269 g/mol. The van der Waals surface area contributed by atoms with Crippen molar-refractivity contribution in [3.05, 3.63) is 11.3 Å². The maximum absolute atomic E-state index is 10.6. The highest BCUT2D eigenvalue weighted by Crippen LogP contribution is 2.23. The van der Waals surface area contributed by atoms with Crippen molar-refractivity contribution in [3.63, 3.8) is 0 Å². The van der Waals surface area contributed by atoms with Crippen LogP contribution in [0.4, 0.5) is 0 Å². The molecule has 1 heterocycles. The van der Waals surface area contributed by atoms with Gasteiger partial charge in [-0.2, -0.15) is 5.10 Å². The molecule has 0 spiro atoms. The maximum atomic E-state index is 10.6. The molecule has 0 aromatic carbocycles. The number of carboxylic acids is 1. The third-order valence-corrected chi connectivity index (χ3v) is 2.94. The van der Waals surface area contributed by atoms with Crippen LogP contribution in [0.25, 0.3) is 0 Å². The minimum Gasteiger partial charge on any atom is -0.481 e. The molecule has 0 aliphatic heterocycles. The number of aromatic nitrogens is 2. The first kappa shape index (κ1) is 15.0. The third-order valence-electron chi connectivity index (χ3n) is 2.94. The Morgan fingerprint density at radius 1 is 1.63 bits per heavy atom. The van der Waals surface area contributed by atoms with Gasteiger partial charge in [0.25, 0.3) is 0 Å². The Balaban J connectivity index is 2.83. The number of nitrogens with zero attached hydrogens (tertiary/aromatic N) is 2. The van der Waals surface area contributed by atoms with Crippen LogP contribution in [0.15, 0.2) is 0 Å². The number of amides is 1. The van der Waals surface area contributed by atoms with Gasteiger partial charge in [-0.25, -0.2) is 4.68 Å². The quantitative estimate of drug-likeness (QED) is 0.660. The van der Waals surface area contributed by atoms with Crippen LogP contribution in [-0.4, -0.2) is 40.4 Å². The van der Waals surface area contributed by atoms with Gasteiger partial charge in [-0.05, 0) is 19.8 Å². The van der Waals surface area contributed by atoms with E-state index in [0.717, 1.165) is 11.3 Å². The van der Waals surface area contributed by atoms with E-state index in [-0.39, 0.29) is 12.5 Å². The number of carbonyl (C=O) groups is 2. The fraction of sp³-hybridized carbons (Fsp3) is 0.583. The van der Waals surface area contributed by atoms with Gasteiger partial charge < -0.3 is 15.2 Å². The second kappa shape index (κ2) is 6.77. The van der Waals surface area contributed by atoms with E-state index in [9.17, 15) is 9.59 Å². The SMILES string of the molecule is COc1c(CC(CCC(=O)O)NC=O)c(C)nn1C. The van der Waals surface area contributed by atoms with Gasteiger partial charge >= 0.3 is 5.97 Å². The van der Waals surface area contributed by atoms with Crippen molar-refractivity contribution >= 4 is 12.4 Å². The van der Waals surface area contributed by atoms with Crippen molar-refractivity contribution in [2.75, 3.05) is 7.11 Å². The van der Waals surface area contributed by atoms with Gasteiger partial charge in [0, 0.05) is 25.1 Å². The van der Waals surface area contributed by atoms with E-state index in [1.165, 1.54) is 0 Å². The summed E-state index contributed by atoms with van der Waals surface area (Å²) in [6.07, 6.45) is 1.46. The fourth-order valence-corrected chi connectivity index (χ4v) is 2.06. The summed E-state index contributed by atoms with van der Waals surface area (Å²) in [4.78, 5) is 21.2. The highest BCUT2D eigenvalue weighted by atomic mass is 16.5. The number of aryl methyl sites for hydroxylation is 2. The van der Waals surface area contributed by atoms with Crippen molar-refractivity contribution in [1.29, 1.82) is 0 Å².